The van der Waals surface area contributed by atoms with Crippen molar-refractivity contribution < 1.29 is 24.0 Å². The lowest BCUT2D eigenvalue weighted by Crippen LogP contribution is -3.10. The molecule has 0 spiro atoms. The maximum absolute atomic E-state index is 10.8. The quantitative estimate of drug-likeness (QED) is 0.568. The standard InChI is InChI=1S/C11H21NO4/c1-4-10(13)15-8-6-12(3)7-9-16-11(14)5-2/h4-9H2,1-3H3/p+1. The van der Waals surface area contributed by atoms with Gasteiger partial charge in [0.15, 0.2) is 0 Å². The van der Waals surface area contributed by atoms with Gasteiger partial charge >= 0.3 is 11.9 Å². The number of quaternary nitrogens is 1. The van der Waals surface area contributed by atoms with E-state index in [1.807, 2.05) is 7.05 Å². The number of rotatable bonds is 8. The second-order valence-electron chi connectivity index (χ2n) is 3.61. The molecule has 0 radical (unpaired) electrons. The van der Waals surface area contributed by atoms with Crippen LogP contribution in [-0.4, -0.2) is 45.3 Å². The van der Waals surface area contributed by atoms with E-state index in [9.17, 15) is 9.59 Å². The van der Waals surface area contributed by atoms with Crippen LogP contribution in [0.5, 0.6) is 0 Å². The predicted octanol–water partition coefficient (Wildman–Crippen LogP) is -0.592. The molecule has 0 saturated heterocycles. The van der Waals surface area contributed by atoms with Crippen molar-refractivity contribution in [2.75, 3.05) is 33.4 Å². The van der Waals surface area contributed by atoms with E-state index in [2.05, 4.69) is 0 Å². The van der Waals surface area contributed by atoms with Gasteiger partial charge < -0.3 is 14.4 Å². The average Bonchev–Trinajstić information content (AvgIpc) is 2.28. The molecule has 0 aromatic rings. The Balaban J connectivity index is 3.41. The zero-order valence-electron chi connectivity index (χ0n) is 10.4. The number of esters is 2. The lowest BCUT2D eigenvalue weighted by molar-refractivity contribution is -0.880. The molecule has 0 heterocycles. The molecule has 0 rings (SSSR count). The predicted molar refractivity (Wildman–Crippen MR) is 59.1 cm³/mol. The van der Waals surface area contributed by atoms with E-state index >= 15 is 0 Å². The van der Waals surface area contributed by atoms with E-state index in [-0.39, 0.29) is 11.9 Å². The third-order valence-electron chi connectivity index (χ3n) is 2.16. The first-order chi connectivity index (χ1) is 7.60. The lowest BCUT2D eigenvalue weighted by atomic mass is 10.5. The minimum absolute atomic E-state index is 0.176. The van der Waals surface area contributed by atoms with Crippen molar-refractivity contribution in [3.63, 3.8) is 0 Å². The smallest absolute Gasteiger partial charge is 0.305 e. The fraction of sp³-hybridized carbons (Fsp3) is 0.818. The first kappa shape index (κ1) is 14.9. The van der Waals surface area contributed by atoms with Crippen molar-refractivity contribution >= 4 is 11.9 Å². The van der Waals surface area contributed by atoms with Gasteiger partial charge in [0.05, 0.1) is 7.05 Å². The Morgan fingerprint density at radius 1 is 0.938 bits per heavy atom. The van der Waals surface area contributed by atoms with Crippen LogP contribution < -0.4 is 4.90 Å². The number of carbonyl (C=O) groups is 2. The van der Waals surface area contributed by atoms with Crippen LogP contribution in [-0.2, 0) is 19.1 Å². The summed E-state index contributed by atoms with van der Waals surface area (Å²) >= 11 is 0. The number of ether oxygens (including phenoxy) is 2. The van der Waals surface area contributed by atoms with Crippen LogP contribution in [0.1, 0.15) is 26.7 Å². The molecular formula is C11H22NO4+. The molecule has 5 heteroatoms. The molecule has 0 atom stereocenters. The van der Waals surface area contributed by atoms with E-state index in [1.165, 1.54) is 4.90 Å². The van der Waals surface area contributed by atoms with Crippen LogP contribution in [0.4, 0.5) is 0 Å². The minimum atomic E-state index is -0.176. The zero-order chi connectivity index (χ0) is 12.4. The molecule has 0 aromatic carbocycles. The molecule has 94 valence electrons. The maximum atomic E-state index is 10.8. The molecule has 16 heavy (non-hydrogen) atoms. The maximum Gasteiger partial charge on any atom is 0.305 e. The molecule has 0 amide bonds. The summed E-state index contributed by atoms with van der Waals surface area (Å²) in [6.07, 6.45) is 0.820. The van der Waals surface area contributed by atoms with E-state index in [0.717, 1.165) is 13.1 Å². The van der Waals surface area contributed by atoms with E-state index in [1.54, 1.807) is 13.8 Å². The van der Waals surface area contributed by atoms with Crippen LogP contribution in [0.3, 0.4) is 0 Å². The summed E-state index contributed by atoms with van der Waals surface area (Å²) in [7, 11) is 1.97. The number of nitrogens with one attached hydrogen (secondary N) is 1. The van der Waals surface area contributed by atoms with Gasteiger partial charge in [-0.05, 0) is 0 Å². The molecule has 1 N–H and O–H groups in total. The van der Waals surface area contributed by atoms with Crippen LogP contribution in [0.2, 0.25) is 0 Å². The summed E-state index contributed by atoms with van der Waals surface area (Å²) in [5, 5.41) is 0. The van der Waals surface area contributed by atoms with Crippen molar-refractivity contribution in [2.45, 2.75) is 26.7 Å². The van der Waals surface area contributed by atoms with E-state index < -0.39 is 0 Å². The van der Waals surface area contributed by atoms with Crippen molar-refractivity contribution in [3.8, 4) is 0 Å². The Morgan fingerprint density at radius 3 is 1.62 bits per heavy atom. The molecule has 0 fully saturated rings. The fourth-order valence-electron chi connectivity index (χ4n) is 1.01. The lowest BCUT2D eigenvalue weighted by Gasteiger charge is -2.13. The summed E-state index contributed by atoms with van der Waals surface area (Å²) in [4.78, 5) is 22.8. The largest absolute Gasteiger partial charge is 0.460 e. The third-order valence-corrected chi connectivity index (χ3v) is 2.16. The molecule has 0 aliphatic carbocycles. The van der Waals surface area contributed by atoms with Gasteiger partial charge in [-0.15, -0.1) is 0 Å². The molecule has 0 bridgehead atoms. The number of carbonyl (C=O) groups excluding carboxylic acids is 2. The second-order valence-corrected chi connectivity index (χ2v) is 3.61. The van der Waals surface area contributed by atoms with Gasteiger partial charge in [0.25, 0.3) is 0 Å². The first-order valence-electron chi connectivity index (χ1n) is 5.72. The van der Waals surface area contributed by atoms with Crippen LogP contribution in [0.25, 0.3) is 0 Å². The molecule has 5 nitrogen and oxygen atoms in total. The van der Waals surface area contributed by atoms with Crippen LogP contribution in [0, 0.1) is 0 Å². The van der Waals surface area contributed by atoms with Crippen molar-refractivity contribution in [1.29, 1.82) is 0 Å². The van der Waals surface area contributed by atoms with Gasteiger partial charge in [-0.25, -0.2) is 0 Å². The Kier molecular flexibility index (Phi) is 8.52. The molecule has 0 unspecified atom stereocenters. The van der Waals surface area contributed by atoms with Gasteiger partial charge in [-0.1, -0.05) is 13.8 Å². The summed E-state index contributed by atoms with van der Waals surface area (Å²) in [5.74, 6) is -0.351. The summed E-state index contributed by atoms with van der Waals surface area (Å²) < 4.78 is 9.89. The Morgan fingerprint density at radius 2 is 1.31 bits per heavy atom. The van der Waals surface area contributed by atoms with Crippen LogP contribution in [0.15, 0.2) is 0 Å². The highest BCUT2D eigenvalue weighted by Gasteiger charge is 2.05. The Labute approximate surface area is 96.7 Å². The average molecular weight is 232 g/mol. The van der Waals surface area contributed by atoms with E-state index in [4.69, 9.17) is 9.47 Å². The van der Waals surface area contributed by atoms with Crippen molar-refractivity contribution in [1.82, 2.24) is 0 Å². The zero-order valence-corrected chi connectivity index (χ0v) is 10.4. The highest BCUT2D eigenvalue weighted by Crippen LogP contribution is 1.82. The summed E-state index contributed by atoms with van der Waals surface area (Å²) in [5.41, 5.74) is 0. The van der Waals surface area contributed by atoms with E-state index in [0.29, 0.717) is 26.1 Å². The Hall–Kier alpha value is -1.10. The van der Waals surface area contributed by atoms with Crippen molar-refractivity contribution in [2.24, 2.45) is 0 Å². The van der Waals surface area contributed by atoms with Crippen LogP contribution >= 0.6 is 0 Å². The second kappa shape index (κ2) is 9.15. The van der Waals surface area contributed by atoms with Gasteiger partial charge in [-0.3, -0.25) is 9.59 Å². The highest BCUT2D eigenvalue weighted by atomic mass is 16.5. The SMILES string of the molecule is CCC(=O)OCC[NH+](C)CCOC(=O)CC. The van der Waals surface area contributed by atoms with Gasteiger partial charge in [0.1, 0.15) is 26.3 Å². The monoisotopic (exact) mass is 232 g/mol. The van der Waals surface area contributed by atoms with Gasteiger partial charge in [-0.2, -0.15) is 0 Å². The van der Waals surface area contributed by atoms with Gasteiger partial charge in [0, 0.05) is 12.8 Å². The minimum Gasteiger partial charge on any atom is -0.460 e. The third kappa shape index (κ3) is 8.23. The van der Waals surface area contributed by atoms with Gasteiger partial charge in [0.2, 0.25) is 0 Å². The number of hydrogen-bond donors (Lipinski definition) is 1. The molecule has 0 aliphatic heterocycles. The molecule has 0 aliphatic rings. The highest BCUT2D eigenvalue weighted by molar-refractivity contribution is 5.69. The topological polar surface area (TPSA) is 57.0 Å². The van der Waals surface area contributed by atoms with Crippen molar-refractivity contribution in [3.05, 3.63) is 0 Å². The summed E-state index contributed by atoms with van der Waals surface area (Å²) in [6.45, 7) is 5.83. The molecular weight excluding hydrogens is 210 g/mol. The number of likely N-dealkylation sites (N-methyl/N-ethyl adjacent to an activating group) is 1. The molecule has 0 aromatic heterocycles. The molecule has 0 saturated carbocycles. The Bertz CT molecular complexity index is 196. The first-order valence-corrected chi connectivity index (χ1v) is 5.72. The summed E-state index contributed by atoms with van der Waals surface area (Å²) in [6, 6.07) is 0. The fourth-order valence-corrected chi connectivity index (χ4v) is 1.01. The normalized spacial score (nSPS) is 10.2. The number of hydrogen-bond acceptors (Lipinski definition) is 4.